The molecule has 0 spiro atoms. The normalized spacial score (nSPS) is 32.3. The van der Waals surface area contributed by atoms with Crippen LogP contribution in [0.1, 0.15) is 48.2 Å². The topological polar surface area (TPSA) is 68.3 Å². The first-order chi connectivity index (χ1) is 9.15. The molecule has 2 unspecified atom stereocenters. The Balaban J connectivity index is 0.00000147. The van der Waals surface area contributed by atoms with Gasteiger partial charge in [0.25, 0.3) is 5.91 Å². The fraction of sp³-hybridized carbons (Fsp3) is 0.667. The second-order valence-electron chi connectivity index (χ2n) is 6.11. The van der Waals surface area contributed by atoms with Crippen molar-refractivity contribution in [3.8, 4) is 0 Å². The number of nitrogens with two attached hydrogens (primary N) is 1. The monoisotopic (exact) mass is 298 g/mol. The molecule has 3 N–H and O–H groups in total. The number of carbonyl (C=O) groups is 1. The number of nitrogens with one attached hydrogen (secondary N) is 1. The van der Waals surface area contributed by atoms with E-state index in [-0.39, 0.29) is 24.4 Å². The highest BCUT2D eigenvalue weighted by atomic mass is 35.5. The molecule has 2 fully saturated rings. The Hall–Kier alpha value is -1.00. The number of furan rings is 1. The number of halogens is 1. The van der Waals surface area contributed by atoms with E-state index < -0.39 is 0 Å². The molecule has 20 heavy (non-hydrogen) atoms. The van der Waals surface area contributed by atoms with Gasteiger partial charge < -0.3 is 15.5 Å². The average Bonchev–Trinajstić information content (AvgIpc) is 2.76. The third-order valence-electron chi connectivity index (χ3n) is 4.74. The van der Waals surface area contributed by atoms with Gasteiger partial charge in [-0.2, -0.15) is 0 Å². The van der Waals surface area contributed by atoms with Crippen molar-refractivity contribution in [3.05, 3.63) is 23.7 Å². The van der Waals surface area contributed by atoms with E-state index in [0.29, 0.717) is 23.6 Å². The lowest BCUT2D eigenvalue weighted by Gasteiger charge is -2.45. The highest BCUT2D eigenvalue weighted by Crippen LogP contribution is 2.39. The van der Waals surface area contributed by atoms with E-state index in [9.17, 15) is 4.79 Å². The number of carbonyl (C=O) groups excluding carboxylic acids is 1. The van der Waals surface area contributed by atoms with Crippen LogP contribution in [0.2, 0.25) is 0 Å². The maximum absolute atomic E-state index is 12.3. The van der Waals surface area contributed by atoms with Gasteiger partial charge in [0.15, 0.2) is 5.76 Å². The van der Waals surface area contributed by atoms with Gasteiger partial charge >= 0.3 is 0 Å². The van der Waals surface area contributed by atoms with Crippen LogP contribution in [0, 0.1) is 18.8 Å². The van der Waals surface area contributed by atoms with Gasteiger partial charge in [0.2, 0.25) is 0 Å². The van der Waals surface area contributed by atoms with Crippen molar-refractivity contribution in [2.45, 2.75) is 51.1 Å². The number of amides is 1. The zero-order chi connectivity index (χ0) is 13.4. The fourth-order valence-electron chi connectivity index (χ4n) is 3.85. The van der Waals surface area contributed by atoms with Crippen molar-refractivity contribution in [1.29, 1.82) is 0 Å². The Morgan fingerprint density at radius 1 is 1.35 bits per heavy atom. The Labute approximate surface area is 125 Å². The summed E-state index contributed by atoms with van der Waals surface area (Å²) in [5, 5.41) is 3.20. The number of rotatable bonds is 2. The van der Waals surface area contributed by atoms with Crippen LogP contribution in [-0.4, -0.2) is 18.0 Å². The minimum atomic E-state index is -0.0696. The van der Waals surface area contributed by atoms with E-state index in [2.05, 4.69) is 5.32 Å². The lowest BCUT2D eigenvalue weighted by atomic mass is 9.67. The van der Waals surface area contributed by atoms with Crippen molar-refractivity contribution in [1.82, 2.24) is 5.32 Å². The number of hydrogen-bond donors (Lipinski definition) is 2. The highest BCUT2D eigenvalue weighted by Gasteiger charge is 2.40. The molecule has 0 saturated heterocycles. The van der Waals surface area contributed by atoms with Crippen LogP contribution in [0.5, 0.6) is 0 Å². The maximum atomic E-state index is 12.3. The summed E-state index contributed by atoms with van der Waals surface area (Å²) >= 11 is 0. The van der Waals surface area contributed by atoms with Crippen LogP contribution in [0.15, 0.2) is 16.7 Å². The Morgan fingerprint density at radius 3 is 2.55 bits per heavy atom. The molecule has 3 rings (SSSR count). The van der Waals surface area contributed by atoms with Crippen LogP contribution in [0.3, 0.4) is 0 Å². The molecule has 0 radical (unpaired) electrons. The third kappa shape index (κ3) is 2.86. The number of fused-ring (bicyclic) bond motifs is 2. The second kappa shape index (κ2) is 6.19. The van der Waals surface area contributed by atoms with E-state index in [0.717, 1.165) is 18.4 Å². The van der Waals surface area contributed by atoms with E-state index >= 15 is 0 Å². The van der Waals surface area contributed by atoms with E-state index in [4.69, 9.17) is 10.2 Å². The summed E-state index contributed by atoms with van der Waals surface area (Å²) < 4.78 is 5.27. The van der Waals surface area contributed by atoms with Gasteiger partial charge in [0.1, 0.15) is 0 Å². The van der Waals surface area contributed by atoms with Crippen molar-refractivity contribution in [2.24, 2.45) is 17.6 Å². The summed E-state index contributed by atoms with van der Waals surface area (Å²) in [5.74, 6) is 1.47. The molecular formula is C15H23ClN2O2. The smallest absolute Gasteiger partial charge is 0.287 e. The summed E-state index contributed by atoms with van der Waals surface area (Å²) in [6.45, 7) is 1.90. The summed E-state index contributed by atoms with van der Waals surface area (Å²) in [4.78, 5) is 12.3. The maximum Gasteiger partial charge on any atom is 0.287 e. The van der Waals surface area contributed by atoms with Gasteiger partial charge in [0.05, 0.1) is 6.26 Å². The Morgan fingerprint density at radius 2 is 2.00 bits per heavy atom. The van der Waals surface area contributed by atoms with Crippen molar-refractivity contribution < 1.29 is 9.21 Å². The van der Waals surface area contributed by atoms with Gasteiger partial charge in [0, 0.05) is 17.6 Å². The molecule has 0 aliphatic heterocycles. The van der Waals surface area contributed by atoms with Crippen LogP contribution < -0.4 is 11.1 Å². The predicted octanol–water partition coefficient (Wildman–Crippen LogP) is 2.65. The van der Waals surface area contributed by atoms with Gasteiger partial charge in [-0.05, 0) is 50.5 Å². The minimum Gasteiger partial charge on any atom is -0.459 e. The molecular weight excluding hydrogens is 276 g/mol. The summed E-state index contributed by atoms with van der Waals surface area (Å²) in [5.41, 5.74) is 7.00. The largest absolute Gasteiger partial charge is 0.459 e. The Kier molecular flexibility index (Phi) is 4.76. The van der Waals surface area contributed by atoms with Crippen molar-refractivity contribution in [2.75, 3.05) is 0 Å². The van der Waals surface area contributed by atoms with Gasteiger partial charge in [-0.15, -0.1) is 12.4 Å². The quantitative estimate of drug-likeness (QED) is 0.882. The molecule has 1 heterocycles. The lowest BCUT2D eigenvalue weighted by molar-refractivity contribution is 0.0731. The molecule has 2 atom stereocenters. The fourth-order valence-corrected chi connectivity index (χ4v) is 3.85. The van der Waals surface area contributed by atoms with E-state index in [1.165, 1.54) is 19.3 Å². The molecule has 2 saturated carbocycles. The summed E-state index contributed by atoms with van der Waals surface area (Å²) in [6, 6.07) is 2.42. The van der Waals surface area contributed by atoms with Gasteiger partial charge in [-0.3, -0.25) is 4.79 Å². The van der Waals surface area contributed by atoms with Crippen LogP contribution >= 0.6 is 12.4 Å². The van der Waals surface area contributed by atoms with Crippen molar-refractivity contribution in [3.63, 3.8) is 0 Å². The standard InChI is InChI=1S/C15H22N2O2.ClH/c1-9-5-6-19-14(9)15(18)17-13-10-3-2-4-11(13)8-12(16)7-10;/h5-6,10-13H,2-4,7-8,16H2,1H3,(H,17,18);1H. The SMILES string of the molecule is Cc1ccoc1C(=O)NC1C2CCCC1CC(N)C2.Cl. The van der Waals surface area contributed by atoms with Crippen molar-refractivity contribution >= 4 is 18.3 Å². The first-order valence-corrected chi connectivity index (χ1v) is 7.25. The molecule has 2 bridgehead atoms. The molecule has 1 aromatic rings. The average molecular weight is 299 g/mol. The molecule has 1 amide bonds. The summed E-state index contributed by atoms with van der Waals surface area (Å²) in [7, 11) is 0. The first kappa shape index (κ1) is 15.4. The number of hydrogen-bond acceptors (Lipinski definition) is 3. The molecule has 4 nitrogen and oxygen atoms in total. The second-order valence-corrected chi connectivity index (χ2v) is 6.11. The van der Waals surface area contributed by atoms with E-state index in [1.54, 1.807) is 6.26 Å². The summed E-state index contributed by atoms with van der Waals surface area (Å²) in [6.07, 6.45) is 7.30. The lowest BCUT2D eigenvalue weighted by Crippen LogP contribution is -2.53. The van der Waals surface area contributed by atoms with E-state index in [1.807, 2.05) is 13.0 Å². The molecule has 2 aliphatic rings. The molecule has 0 aromatic carbocycles. The van der Waals surface area contributed by atoms with Crippen LogP contribution in [0.25, 0.3) is 0 Å². The molecule has 5 heteroatoms. The third-order valence-corrected chi connectivity index (χ3v) is 4.74. The minimum absolute atomic E-state index is 0. The zero-order valence-corrected chi connectivity index (χ0v) is 12.6. The highest BCUT2D eigenvalue weighted by molar-refractivity contribution is 5.93. The van der Waals surface area contributed by atoms with Crippen LogP contribution in [0.4, 0.5) is 0 Å². The number of aryl methyl sites for hydroxylation is 1. The predicted molar refractivity (Wildman–Crippen MR) is 80.0 cm³/mol. The van der Waals surface area contributed by atoms with Gasteiger partial charge in [-0.1, -0.05) is 6.42 Å². The molecule has 2 aliphatic carbocycles. The molecule has 112 valence electrons. The van der Waals surface area contributed by atoms with Gasteiger partial charge in [-0.25, -0.2) is 0 Å². The molecule has 1 aromatic heterocycles. The zero-order valence-electron chi connectivity index (χ0n) is 11.8. The first-order valence-electron chi connectivity index (χ1n) is 7.25. The van der Waals surface area contributed by atoms with Crippen LogP contribution in [-0.2, 0) is 0 Å². The Bertz CT molecular complexity index is 460.